The lowest BCUT2D eigenvalue weighted by Gasteiger charge is -2.54. The number of hydrogen-bond acceptors (Lipinski definition) is 6. The molecular weight excluding hydrogens is 666 g/mol. The van der Waals surface area contributed by atoms with Gasteiger partial charge in [-0.25, -0.2) is 0 Å². The van der Waals surface area contributed by atoms with Gasteiger partial charge in [-0.05, 0) is 92.7 Å². The fourth-order valence-electron chi connectivity index (χ4n) is 6.23. The first kappa shape index (κ1) is 38.1. The van der Waals surface area contributed by atoms with Crippen LogP contribution in [0.5, 0.6) is 0 Å². The van der Waals surface area contributed by atoms with Crippen LogP contribution < -0.4 is 0 Å². The molecule has 0 radical (unpaired) electrons. The summed E-state index contributed by atoms with van der Waals surface area (Å²) in [6.07, 6.45) is 4.56. The largest absolute Gasteiger partial charge is 0.481 e. The van der Waals surface area contributed by atoms with Gasteiger partial charge in [-0.15, -0.1) is 12.4 Å². The number of nitrogens with zero attached hydrogens (tertiary/aromatic N) is 2. The highest BCUT2D eigenvalue weighted by atomic mass is 35.5. The maximum absolute atomic E-state index is 12.3. The summed E-state index contributed by atoms with van der Waals surface area (Å²) in [4.78, 5) is 18.9. The van der Waals surface area contributed by atoms with Gasteiger partial charge < -0.3 is 14.6 Å². The first-order chi connectivity index (χ1) is 21.7. The molecule has 1 saturated heterocycles. The summed E-state index contributed by atoms with van der Waals surface area (Å²) >= 11 is 18.9. The SMILES string of the molecule is CCOC(=O)CCC(=NCCCCCN1CCC(O)(c2ccc(Cl)cc2)CC1(c1ccc(Cl)cc1)c1ccc(Cl)cc1)OCC.Cl. The van der Waals surface area contributed by atoms with Crippen molar-refractivity contribution in [2.24, 2.45) is 4.99 Å². The summed E-state index contributed by atoms with van der Waals surface area (Å²) in [6.45, 7) is 6.74. The smallest absolute Gasteiger partial charge is 0.306 e. The molecule has 0 amide bonds. The summed E-state index contributed by atoms with van der Waals surface area (Å²) in [7, 11) is 0. The van der Waals surface area contributed by atoms with Crippen LogP contribution in [0.4, 0.5) is 0 Å². The second-order valence-electron chi connectivity index (χ2n) is 11.4. The van der Waals surface area contributed by atoms with E-state index in [2.05, 4.69) is 34.2 Å². The third-order valence-corrected chi connectivity index (χ3v) is 9.20. The lowest BCUT2D eigenvalue weighted by molar-refractivity contribution is -0.143. The highest BCUT2D eigenvalue weighted by Crippen LogP contribution is 2.50. The molecule has 1 N–H and O–H groups in total. The highest BCUT2D eigenvalue weighted by molar-refractivity contribution is 6.31. The van der Waals surface area contributed by atoms with E-state index in [1.807, 2.05) is 55.5 Å². The molecule has 1 aliphatic heterocycles. The number of rotatable bonds is 14. The summed E-state index contributed by atoms with van der Waals surface area (Å²) in [6, 6.07) is 23.5. The molecule has 0 aromatic heterocycles. The van der Waals surface area contributed by atoms with Crippen molar-refractivity contribution in [2.75, 3.05) is 32.8 Å². The number of hydrogen-bond donors (Lipinski definition) is 1. The highest BCUT2D eigenvalue weighted by Gasteiger charge is 2.51. The monoisotopic (exact) mass is 708 g/mol. The lowest BCUT2D eigenvalue weighted by Crippen LogP contribution is -2.57. The molecule has 6 nitrogen and oxygen atoms in total. The van der Waals surface area contributed by atoms with Crippen LogP contribution in [0.2, 0.25) is 15.1 Å². The van der Waals surface area contributed by atoms with Crippen molar-refractivity contribution >= 4 is 59.1 Å². The number of aliphatic imine (C=N–C) groups is 1. The second kappa shape index (κ2) is 18.3. The molecule has 1 aliphatic rings. The molecule has 4 rings (SSSR count). The minimum absolute atomic E-state index is 0. The molecule has 1 atom stereocenters. The number of unbranched alkanes of at least 4 members (excludes halogenated alkanes) is 2. The van der Waals surface area contributed by atoms with Crippen molar-refractivity contribution in [3.05, 3.63) is 105 Å². The van der Waals surface area contributed by atoms with E-state index in [0.717, 1.165) is 42.5 Å². The van der Waals surface area contributed by atoms with E-state index in [4.69, 9.17) is 44.3 Å². The van der Waals surface area contributed by atoms with Crippen molar-refractivity contribution in [1.82, 2.24) is 4.90 Å². The zero-order valence-corrected chi connectivity index (χ0v) is 29.6. The van der Waals surface area contributed by atoms with Crippen LogP contribution in [0.15, 0.2) is 77.8 Å². The number of halogens is 4. The van der Waals surface area contributed by atoms with Gasteiger partial charge in [0.25, 0.3) is 0 Å². The molecule has 1 fully saturated rings. The van der Waals surface area contributed by atoms with E-state index >= 15 is 0 Å². The second-order valence-corrected chi connectivity index (χ2v) is 12.7. The molecule has 0 bridgehead atoms. The first-order valence-corrected chi connectivity index (χ1v) is 16.9. The Balaban J connectivity index is 0.00000576. The number of likely N-dealkylation sites (tertiary alicyclic amines) is 1. The maximum Gasteiger partial charge on any atom is 0.306 e. The van der Waals surface area contributed by atoms with Gasteiger partial charge in [0, 0.05) is 41.0 Å². The number of ether oxygens (including phenoxy) is 2. The Morgan fingerprint density at radius 3 is 1.83 bits per heavy atom. The molecule has 3 aromatic carbocycles. The lowest BCUT2D eigenvalue weighted by atomic mass is 9.67. The third-order valence-electron chi connectivity index (χ3n) is 8.44. The van der Waals surface area contributed by atoms with E-state index < -0.39 is 11.1 Å². The van der Waals surface area contributed by atoms with Gasteiger partial charge in [-0.1, -0.05) is 77.6 Å². The molecule has 250 valence electrons. The minimum Gasteiger partial charge on any atom is -0.481 e. The average Bonchev–Trinajstić information content (AvgIpc) is 3.03. The Hall–Kier alpha value is -2.32. The van der Waals surface area contributed by atoms with Crippen LogP contribution in [0.1, 0.15) is 75.5 Å². The zero-order chi connectivity index (χ0) is 32.3. The Kier molecular flexibility index (Phi) is 15.2. The Morgan fingerprint density at radius 2 is 1.30 bits per heavy atom. The standard InChI is InChI=1S/C36H43Cl3N2O4.ClH/c1-3-44-33(20-21-34(42)45-4-2)40-23-6-5-7-24-41-25-22-35(43,27-8-14-30(37)15-9-27)26-36(41,28-10-16-31(38)17-11-28)29-12-18-32(39)19-13-29;/h8-19,43H,3-7,20-26H2,1-2H3;1H. The van der Waals surface area contributed by atoms with Gasteiger partial charge in [0.05, 0.1) is 30.8 Å². The van der Waals surface area contributed by atoms with E-state index in [0.29, 0.717) is 66.5 Å². The average molecular weight is 711 g/mol. The first-order valence-electron chi connectivity index (χ1n) is 15.8. The molecule has 1 heterocycles. The number of esters is 1. The van der Waals surface area contributed by atoms with Crippen LogP contribution in [-0.4, -0.2) is 54.7 Å². The fraction of sp³-hybridized carbons (Fsp3) is 0.444. The number of benzene rings is 3. The number of carbonyl (C=O) groups is 1. The predicted octanol–water partition coefficient (Wildman–Crippen LogP) is 9.24. The summed E-state index contributed by atoms with van der Waals surface area (Å²) in [5, 5.41) is 14.2. The van der Waals surface area contributed by atoms with Gasteiger partial charge in [-0.2, -0.15) is 0 Å². The molecule has 0 aliphatic carbocycles. The number of piperidine rings is 1. The maximum atomic E-state index is 12.3. The third kappa shape index (κ3) is 9.85. The van der Waals surface area contributed by atoms with Gasteiger partial charge in [-0.3, -0.25) is 14.7 Å². The van der Waals surface area contributed by atoms with Crippen molar-refractivity contribution < 1.29 is 19.4 Å². The Bertz CT molecular complexity index is 1360. The van der Waals surface area contributed by atoms with Gasteiger partial charge >= 0.3 is 5.97 Å². The van der Waals surface area contributed by atoms with E-state index in [9.17, 15) is 9.90 Å². The normalized spacial score (nSPS) is 18.1. The van der Waals surface area contributed by atoms with Crippen molar-refractivity contribution in [3.8, 4) is 0 Å². The molecule has 10 heteroatoms. The van der Waals surface area contributed by atoms with Gasteiger partial charge in [0.2, 0.25) is 0 Å². The van der Waals surface area contributed by atoms with E-state index in [-0.39, 0.29) is 24.8 Å². The van der Waals surface area contributed by atoms with Crippen LogP contribution in [0.3, 0.4) is 0 Å². The van der Waals surface area contributed by atoms with Crippen molar-refractivity contribution in [1.29, 1.82) is 0 Å². The van der Waals surface area contributed by atoms with Crippen LogP contribution in [0.25, 0.3) is 0 Å². The van der Waals surface area contributed by atoms with Crippen LogP contribution in [0, 0.1) is 0 Å². The van der Waals surface area contributed by atoms with Crippen molar-refractivity contribution in [2.45, 2.75) is 69.9 Å². The molecule has 3 aromatic rings. The van der Waals surface area contributed by atoms with E-state index in [1.54, 1.807) is 6.92 Å². The minimum atomic E-state index is -1.08. The Morgan fingerprint density at radius 1 is 0.783 bits per heavy atom. The summed E-state index contributed by atoms with van der Waals surface area (Å²) in [5.74, 6) is 0.367. The molecule has 46 heavy (non-hydrogen) atoms. The Labute approximate surface area is 294 Å². The van der Waals surface area contributed by atoms with Crippen LogP contribution in [-0.2, 0) is 25.4 Å². The topological polar surface area (TPSA) is 71.4 Å². The fourth-order valence-corrected chi connectivity index (χ4v) is 6.61. The quantitative estimate of drug-likeness (QED) is 0.0782. The van der Waals surface area contributed by atoms with Gasteiger partial charge in [0.15, 0.2) is 5.90 Å². The summed E-state index contributed by atoms with van der Waals surface area (Å²) < 4.78 is 10.7. The molecule has 1 unspecified atom stereocenters. The zero-order valence-electron chi connectivity index (χ0n) is 26.5. The number of carbonyl (C=O) groups excluding carboxylic acids is 1. The van der Waals surface area contributed by atoms with Crippen LogP contribution >= 0.6 is 47.2 Å². The predicted molar refractivity (Wildman–Crippen MR) is 191 cm³/mol. The molecular formula is C36H44Cl4N2O4. The molecule has 0 spiro atoms. The summed E-state index contributed by atoms with van der Waals surface area (Å²) in [5.41, 5.74) is 1.27. The molecule has 0 saturated carbocycles. The van der Waals surface area contributed by atoms with Gasteiger partial charge in [0.1, 0.15) is 0 Å². The number of aliphatic hydroxyl groups is 1. The van der Waals surface area contributed by atoms with Crippen molar-refractivity contribution in [3.63, 3.8) is 0 Å². The van der Waals surface area contributed by atoms with E-state index in [1.165, 1.54) is 0 Å².